The van der Waals surface area contributed by atoms with Gasteiger partial charge in [0, 0.05) is 15.8 Å². The van der Waals surface area contributed by atoms with E-state index in [2.05, 4.69) is 0 Å². The van der Waals surface area contributed by atoms with Crippen LogP contribution in [0.1, 0.15) is 26.3 Å². The van der Waals surface area contributed by atoms with Gasteiger partial charge in [0.1, 0.15) is 11.6 Å². The number of alkyl halides is 1. The van der Waals surface area contributed by atoms with Crippen molar-refractivity contribution in [2.75, 3.05) is 0 Å². The van der Waals surface area contributed by atoms with Crippen LogP contribution in [0.2, 0.25) is 0 Å². The van der Waals surface area contributed by atoms with Crippen molar-refractivity contribution in [2.24, 2.45) is 0 Å². The van der Waals surface area contributed by atoms with Crippen LogP contribution in [-0.4, -0.2) is 0 Å². The molecule has 1 atom stereocenters. The molecule has 0 aliphatic carbocycles. The largest absolute Gasteiger partial charge is 0.207 e. The quantitative estimate of drug-likeness (QED) is 0.683. The Kier molecular flexibility index (Phi) is 4.03. The summed E-state index contributed by atoms with van der Waals surface area (Å²) in [4.78, 5) is 2.34. The Balaban J connectivity index is 2.21. The summed E-state index contributed by atoms with van der Waals surface area (Å²) in [6.45, 7) is 4.02. The highest BCUT2D eigenvalue weighted by Crippen LogP contribution is 2.33. The Labute approximate surface area is 114 Å². The maximum absolute atomic E-state index is 13.5. The molecule has 0 nitrogen and oxygen atoms in total. The standard InChI is InChI=1S/C14H13ClF2S/c1-8-5-12(9(2)18-8)13(15)6-10-3-4-11(16)7-14(10)17/h3-5,7,13H,6H2,1-2H3. The van der Waals surface area contributed by atoms with Crippen molar-refractivity contribution < 1.29 is 8.78 Å². The van der Waals surface area contributed by atoms with Gasteiger partial charge in [0.2, 0.25) is 0 Å². The number of aryl methyl sites for hydroxylation is 2. The number of thiophene rings is 1. The summed E-state index contributed by atoms with van der Waals surface area (Å²) in [5.74, 6) is -1.10. The molecule has 1 aromatic carbocycles. The van der Waals surface area contributed by atoms with Crippen LogP contribution in [0.5, 0.6) is 0 Å². The van der Waals surface area contributed by atoms with E-state index in [1.165, 1.54) is 17.0 Å². The van der Waals surface area contributed by atoms with E-state index in [9.17, 15) is 8.78 Å². The van der Waals surface area contributed by atoms with Gasteiger partial charge in [-0.2, -0.15) is 0 Å². The Morgan fingerprint density at radius 1 is 1.22 bits per heavy atom. The first-order valence-corrected chi connectivity index (χ1v) is 6.87. The number of rotatable bonds is 3. The summed E-state index contributed by atoms with van der Waals surface area (Å²) in [6.07, 6.45) is 0.366. The molecule has 1 unspecified atom stereocenters. The van der Waals surface area contributed by atoms with Crippen LogP contribution in [0.25, 0.3) is 0 Å². The molecule has 0 amide bonds. The zero-order chi connectivity index (χ0) is 13.3. The first-order chi connectivity index (χ1) is 8.47. The van der Waals surface area contributed by atoms with E-state index < -0.39 is 11.6 Å². The topological polar surface area (TPSA) is 0 Å². The fourth-order valence-corrected chi connectivity index (χ4v) is 3.40. The maximum atomic E-state index is 13.5. The molecule has 0 aliphatic heterocycles. The molecule has 4 heteroatoms. The van der Waals surface area contributed by atoms with E-state index in [1.54, 1.807) is 11.3 Å². The van der Waals surface area contributed by atoms with E-state index in [0.29, 0.717) is 12.0 Å². The first kappa shape index (κ1) is 13.5. The summed E-state index contributed by atoms with van der Waals surface area (Å²) < 4.78 is 26.3. The van der Waals surface area contributed by atoms with Crippen LogP contribution in [0.4, 0.5) is 8.78 Å². The molecular weight excluding hydrogens is 274 g/mol. The van der Waals surface area contributed by atoms with E-state index >= 15 is 0 Å². The third-order valence-corrected chi connectivity index (χ3v) is 4.20. The minimum absolute atomic E-state index is 0.282. The lowest BCUT2D eigenvalue weighted by atomic mass is 10.0. The lowest BCUT2D eigenvalue weighted by Gasteiger charge is -2.10. The average molecular weight is 287 g/mol. The molecule has 0 radical (unpaired) electrons. The van der Waals surface area contributed by atoms with E-state index in [1.807, 2.05) is 19.9 Å². The second kappa shape index (κ2) is 5.37. The number of hydrogen-bond donors (Lipinski definition) is 0. The van der Waals surface area contributed by atoms with Gasteiger partial charge in [-0.15, -0.1) is 22.9 Å². The molecule has 0 bridgehead atoms. The molecule has 0 aliphatic rings. The van der Waals surface area contributed by atoms with Gasteiger partial charge < -0.3 is 0 Å². The Bertz CT molecular complexity index is 563. The lowest BCUT2D eigenvalue weighted by Crippen LogP contribution is -1.99. The number of benzene rings is 1. The van der Waals surface area contributed by atoms with Gasteiger partial charge in [-0.05, 0) is 43.5 Å². The Morgan fingerprint density at radius 2 is 1.94 bits per heavy atom. The maximum Gasteiger partial charge on any atom is 0.129 e. The van der Waals surface area contributed by atoms with Gasteiger partial charge in [-0.25, -0.2) is 8.78 Å². The van der Waals surface area contributed by atoms with Crippen LogP contribution in [0, 0.1) is 25.5 Å². The average Bonchev–Trinajstić information content (AvgIpc) is 2.62. The molecule has 0 fully saturated rings. The number of hydrogen-bond acceptors (Lipinski definition) is 1. The minimum atomic E-state index is -0.565. The Hall–Kier alpha value is -0.930. The smallest absolute Gasteiger partial charge is 0.129 e. The van der Waals surface area contributed by atoms with Crippen LogP contribution >= 0.6 is 22.9 Å². The normalized spacial score (nSPS) is 12.7. The van der Waals surface area contributed by atoms with Crippen molar-refractivity contribution in [2.45, 2.75) is 25.6 Å². The fraction of sp³-hybridized carbons (Fsp3) is 0.286. The molecule has 2 rings (SSSR count). The first-order valence-electron chi connectivity index (χ1n) is 5.62. The third-order valence-electron chi connectivity index (χ3n) is 2.83. The molecule has 1 aromatic heterocycles. The van der Waals surface area contributed by atoms with Gasteiger partial charge in [0.15, 0.2) is 0 Å². The zero-order valence-corrected chi connectivity index (χ0v) is 11.7. The van der Waals surface area contributed by atoms with Gasteiger partial charge in [-0.1, -0.05) is 6.07 Å². The van der Waals surface area contributed by atoms with Crippen LogP contribution < -0.4 is 0 Å². The van der Waals surface area contributed by atoms with Gasteiger partial charge in [0.25, 0.3) is 0 Å². The van der Waals surface area contributed by atoms with E-state index in [0.717, 1.165) is 16.5 Å². The predicted molar refractivity (Wildman–Crippen MR) is 72.4 cm³/mol. The van der Waals surface area contributed by atoms with Crippen molar-refractivity contribution in [3.8, 4) is 0 Å². The molecule has 2 aromatic rings. The second-order valence-corrected chi connectivity index (χ2v) is 6.26. The molecule has 96 valence electrons. The molecule has 0 saturated heterocycles. The summed E-state index contributed by atoms with van der Waals surface area (Å²) in [6, 6.07) is 5.63. The van der Waals surface area contributed by atoms with Gasteiger partial charge in [0.05, 0.1) is 5.38 Å². The van der Waals surface area contributed by atoms with Crippen molar-refractivity contribution in [1.82, 2.24) is 0 Å². The van der Waals surface area contributed by atoms with Crippen LogP contribution in [0.15, 0.2) is 24.3 Å². The van der Waals surface area contributed by atoms with Crippen molar-refractivity contribution in [1.29, 1.82) is 0 Å². The van der Waals surface area contributed by atoms with Gasteiger partial charge in [-0.3, -0.25) is 0 Å². The van der Waals surface area contributed by atoms with Crippen LogP contribution in [-0.2, 0) is 6.42 Å². The van der Waals surface area contributed by atoms with Crippen molar-refractivity contribution >= 4 is 22.9 Å². The fourth-order valence-electron chi connectivity index (χ4n) is 1.95. The van der Waals surface area contributed by atoms with Crippen molar-refractivity contribution in [3.05, 3.63) is 56.8 Å². The monoisotopic (exact) mass is 286 g/mol. The third kappa shape index (κ3) is 2.90. The van der Waals surface area contributed by atoms with Crippen molar-refractivity contribution in [3.63, 3.8) is 0 Å². The summed E-state index contributed by atoms with van der Waals surface area (Å²) >= 11 is 7.99. The zero-order valence-electron chi connectivity index (χ0n) is 10.1. The predicted octanol–water partition coefficient (Wildman–Crippen LogP) is 5.17. The minimum Gasteiger partial charge on any atom is -0.207 e. The highest BCUT2D eigenvalue weighted by atomic mass is 35.5. The second-order valence-electron chi connectivity index (χ2n) is 4.28. The molecule has 18 heavy (non-hydrogen) atoms. The summed E-state index contributed by atoms with van der Waals surface area (Å²) in [7, 11) is 0. The summed E-state index contributed by atoms with van der Waals surface area (Å²) in [5, 5.41) is -0.282. The SMILES string of the molecule is Cc1cc(C(Cl)Cc2ccc(F)cc2F)c(C)s1. The van der Waals surface area contributed by atoms with Crippen LogP contribution in [0.3, 0.4) is 0 Å². The number of halogens is 3. The lowest BCUT2D eigenvalue weighted by molar-refractivity contribution is 0.570. The molecule has 0 N–H and O–H groups in total. The molecule has 1 heterocycles. The Morgan fingerprint density at radius 3 is 2.50 bits per heavy atom. The highest BCUT2D eigenvalue weighted by Gasteiger charge is 2.16. The molecule has 0 spiro atoms. The van der Waals surface area contributed by atoms with Gasteiger partial charge >= 0.3 is 0 Å². The van der Waals surface area contributed by atoms with E-state index in [4.69, 9.17) is 11.6 Å². The molecule has 0 saturated carbocycles. The highest BCUT2D eigenvalue weighted by molar-refractivity contribution is 7.12. The van der Waals surface area contributed by atoms with E-state index in [-0.39, 0.29) is 5.38 Å². The summed E-state index contributed by atoms with van der Waals surface area (Å²) in [5.41, 5.74) is 1.47. The molecular formula is C14H13ClF2S.